The maximum absolute atomic E-state index is 13.4. The zero-order valence-corrected chi connectivity index (χ0v) is 16.3. The third kappa shape index (κ3) is 4.51. The fourth-order valence-corrected chi connectivity index (χ4v) is 2.86. The number of rotatable bonds is 7. The van der Waals surface area contributed by atoms with Crippen LogP contribution in [0.25, 0.3) is 6.08 Å². The van der Waals surface area contributed by atoms with Gasteiger partial charge in [-0.3, -0.25) is 0 Å². The molecule has 0 fully saturated rings. The molecule has 5 nitrogen and oxygen atoms in total. The van der Waals surface area contributed by atoms with Crippen LogP contribution in [-0.4, -0.2) is 25.1 Å². The molecule has 0 N–H and O–H groups in total. The van der Waals surface area contributed by atoms with Crippen molar-refractivity contribution in [3.63, 3.8) is 0 Å². The van der Waals surface area contributed by atoms with Gasteiger partial charge in [0.2, 0.25) is 5.90 Å². The fourth-order valence-electron chi connectivity index (χ4n) is 2.59. The molecule has 0 saturated carbocycles. The molecular formula is C21H19ClFNO4. The van der Waals surface area contributed by atoms with Crippen LogP contribution in [0.5, 0.6) is 11.5 Å². The molecule has 0 unspecified atom stereocenters. The minimum absolute atomic E-state index is 0.0507. The first-order valence-electron chi connectivity index (χ1n) is 8.89. The van der Waals surface area contributed by atoms with Gasteiger partial charge in [-0.1, -0.05) is 24.6 Å². The van der Waals surface area contributed by atoms with E-state index in [1.807, 2.05) is 13.8 Å². The van der Waals surface area contributed by atoms with Crippen LogP contribution in [-0.2, 0) is 9.53 Å². The summed E-state index contributed by atoms with van der Waals surface area (Å²) in [7, 11) is 0. The van der Waals surface area contributed by atoms with Crippen molar-refractivity contribution in [2.75, 3.05) is 13.2 Å². The number of esters is 1. The zero-order chi connectivity index (χ0) is 20.1. The molecule has 3 rings (SSSR count). The van der Waals surface area contributed by atoms with Crippen molar-refractivity contribution in [1.82, 2.24) is 0 Å². The Morgan fingerprint density at radius 2 is 2.04 bits per heavy atom. The van der Waals surface area contributed by atoms with Crippen LogP contribution in [0.3, 0.4) is 0 Å². The second kappa shape index (κ2) is 8.89. The van der Waals surface area contributed by atoms with E-state index in [2.05, 4.69) is 4.99 Å². The van der Waals surface area contributed by atoms with Gasteiger partial charge in [-0.25, -0.2) is 14.2 Å². The van der Waals surface area contributed by atoms with Crippen LogP contribution in [0.15, 0.2) is 47.1 Å². The van der Waals surface area contributed by atoms with Crippen LogP contribution in [0, 0.1) is 5.82 Å². The third-order valence-electron chi connectivity index (χ3n) is 3.78. The number of nitrogens with zero attached hydrogens (tertiary/aromatic N) is 1. The van der Waals surface area contributed by atoms with Crippen LogP contribution >= 0.6 is 11.6 Å². The summed E-state index contributed by atoms with van der Waals surface area (Å²) in [4.78, 5) is 16.3. The lowest BCUT2D eigenvalue weighted by atomic mass is 10.1. The van der Waals surface area contributed by atoms with Crippen LogP contribution < -0.4 is 9.47 Å². The first-order valence-corrected chi connectivity index (χ1v) is 9.27. The standard InChI is InChI=1S/C21H19ClFNO4/c1-3-8-27-19-16(22)9-13(11-18(19)26-4-2)10-17-21(25)28-20(24-17)14-6-5-7-15(23)12-14/h5-7,9-12H,3-4,8H2,1-2H3/b17-10-. The summed E-state index contributed by atoms with van der Waals surface area (Å²) in [6.45, 7) is 4.79. The zero-order valence-electron chi connectivity index (χ0n) is 15.5. The summed E-state index contributed by atoms with van der Waals surface area (Å²) >= 11 is 6.34. The van der Waals surface area contributed by atoms with Crippen molar-refractivity contribution in [1.29, 1.82) is 0 Å². The molecule has 1 aliphatic rings. The van der Waals surface area contributed by atoms with Crippen LogP contribution in [0.4, 0.5) is 4.39 Å². The molecule has 0 bridgehead atoms. The molecule has 0 radical (unpaired) electrons. The van der Waals surface area contributed by atoms with Crippen molar-refractivity contribution < 1.29 is 23.4 Å². The number of halogens is 2. The second-order valence-corrected chi connectivity index (χ2v) is 6.37. The van der Waals surface area contributed by atoms with Gasteiger partial charge < -0.3 is 14.2 Å². The van der Waals surface area contributed by atoms with Gasteiger partial charge in [0.25, 0.3) is 0 Å². The van der Waals surface area contributed by atoms with Crippen molar-refractivity contribution >= 4 is 29.5 Å². The predicted molar refractivity (Wildman–Crippen MR) is 105 cm³/mol. The Hall–Kier alpha value is -2.86. The van der Waals surface area contributed by atoms with Gasteiger partial charge in [0.15, 0.2) is 17.2 Å². The lowest BCUT2D eigenvalue weighted by Gasteiger charge is -2.14. The van der Waals surface area contributed by atoms with E-state index < -0.39 is 11.8 Å². The van der Waals surface area contributed by atoms with E-state index in [1.54, 1.807) is 18.2 Å². The number of carbonyl (C=O) groups is 1. The number of cyclic esters (lactones) is 1. The predicted octanol–water partition coefficient (Wildman–Crippen LogP) is 5.01. The lowest BCUT2D eigenvalue weighted by molar-refractivity contribution is -0.129. The van der Waals surface area contributed by atoms with Crippen molar-refractivity contribution in [3.05, 3.63) is 64.1 Å². The Balaban J connectivity index is 1.94. The fraction of sp³-hybridized carbons (Fsp3) is 0.238. The van der Waals surface area contributed by atoms with Crippen molar-refractivity contribution in [2.24, 2.45) is 4.99 Å². The Labute approximate surface area is 167 Å². The van der Waals surface area contributed by atoms with Gasteiger partial charge in [0.05, 0.1) is 18.2 Å². The lowest BCUT2D eigenvalue weighted by Crippen LogP contribution is -2.05. The molecule has 2 aromatic carbocycles. The monoisotopic (exact) mass is 403 g/mol. The largest absolute Gasteiger partial charge is 0.490 e. The summed E-state index contributed by atoms with van der Waals surface area (Å²) in [5.41, 5.74) is 1.07. The van der Waals surface area contributed by atoms with E-state index in [4.69, 9.17) is 25.8 Å². The van der Waals surface area contributed by atoms with Crippen LogP contribution in [0.2, 0.25) is 5.02 Å². The molecule has 0 atom stereocenters. The van der Waals surface area contributed by atoms with Gasteiger partial charge >= 0.3 is 5.97 Å². The molecule has 2 aromatic rings. The van der Waals surface area contributed by atoms with Gasteiger partial charge in [-0.05, 0) is 55.3 Å². The SMILES string of the molecule is CCCOc1c(Cl)cc(/C=C2\N=C(c3cccc(F)c3)OC2=O)cc1OCC. The topological polar surface area (TPSA) is 57.1 Å². The first-order chi connectivity index (χ1) is 13.5. The minimum atomic E-state index is -0.625. The normalized spacial score (nSPS) is 14.8. The maximum Gasteiger partial charge on any atom is 0.363 e. The van der Waals surface area contributed by atoms with E-state index in [9.17, 15) is 9.18 Å². The molecule has 28 heavy (non-hydrogen) atoms. The van der Waals surface area contributed by atoms with Crippen molar-refractivity contribution in [3.8, 4) is 11.5 Å². The molecule has 7 heteroatoms. The smallest absolute Gasteiger partial charge is 0.363 e. The number of benzene rings is 2. The van der Waals surface area contributed by atoms with Crippen molar-refractivity contribution in [2.45, 2.75) is 20.3 Å². The summed E-state index contributed by atoms with van der Waals surface area (Å²) in [6.07, 6.45) is 2.36. The summed E-state index contributed by atoms with van der Waals surface area (Å²) in [5, 5.41) is 0.368. The molecular weight excluding hydrogens is 385 g/mol. The summed E-state index contributed by atoms with van der Waals surface area (Å²) in [5.74, 6) is -0.0691. The third-order valence-corrected chi connectivity index (χ3v) is 4.06. The van der Waals surface area contributed by atoms with Crippen LogP contribution in [0.1, 0.15) is 31.4 Å². The molecule has 1 heterocycles. The molecule has 0 aromatic heterocycles. The molecule has 1 aliphatic heterocycles. The van der Waals surface area contributed by atoms with Gasteiger partial charge in [-0.15, -0.1) is 0 Å². The molecule has 0 spiro atoms. The van der Waals surface area contributed by atoms with Gasteiger partial charge in [0.1, 0.15) is 5.82 Å². The highest BCUT2D eigenvalue weighted by Gasteiger charge is 2.24. The second-order valence-electron chi connectivity index (χ2n) is 5.96. The van der Waals surface area contributed by atoms with E-state index in [1.165, 1.54) is 24.3 Å². The number of ether oxygens (including phenoxy) is 3. The first kappa shape index (κ1) is 19.9. The number of hydrogen-bond acceptors (Lipinski definition) is 5. The maximum atomic E-state index is 13.4. The van der Waals surface area contributed by atoms with E-state index in [-0.39, 0.29) is 11.6 Å². The van der Waals surface area contributed by atoms with E-state index >= 15 is 0 Å². The molecule has 146 valence electrons. The highest BCUT2D eigenvalue weighted by Crippen LogP contribution is 2.37. The average molecular weight is 404 g/mol. The number of carbonyl (C=O) groups excluding carboxylic acids is 1. The number of aliphatic imine (C=N–C) groups is 1. The summed E-state index contributed by atoms with van der Waals surface area (Å²) < 4.78 is 29.8. The summed E-state index contributed by atoms with van der Waals surface area (Å²) in [6, 6.07) is 9.06. The minimum Gasteiger partial charge on any atom is -0.490 e. The Morgan fingerprint density at radius 1 is 1.21 bits per heavy atom. The molecule has 0 aliphatic carbocycles. The van der Waals surface area contributed by atoms with Gasteiger partial charge in [-0.2, -0.15) is 0 Å². The quantitative estimate of drug-likeness (QED) is 0.481. The Morgan fingerprint density at radius 3 is 2.75 bits per heavy atom. The molecule has 0 amide bonds. The Bertz CT molecular complexity index is 955. The average Bonchev–Trinajstić information content (AvgIpc) is 3.02. The van der Waals surface area contributed by atoms with E-state index in [0.29, 0.717) is 40.9 Å². The Kier molecular flexibility index (Phi) is 6.31. The van der Waals surface area contributed by atoms with E-state index in [0.717, 1.165) is 6.42 Å². The highest BCUT2D eigenvalue weighted by molar-refractivity contribution is 6.32. The molecule has 0 saturated heterocycles. The number of hydrogen-bond donors (Lipinski definition) is 0. The highest BCUT2D eigenvalue weighted by atomic mass is 35.5. The van der Waals surface area contributed by atoms with Gasteiger partial charge in [0, 0.05) is 5.56 Å².